The Morgan fingerprint density at radius 1 is 0.270 bits per heavy atom. The molecule has 0 aromatic carbocycles. The number of carbonyl (C=O) groups excluding carboxylic acids is 4. The van der Waals surface area contributed by atoms with Crippen molar-refractivity contribution in [3.63, 3.8) is 0 Å². The van der Waals surface area contributed by atoms with Gasteiger partial charge in [-0.15, -0.1) is 0 Å². The van der Waals surface area contributed by atoms with Gasteiger partial charge in [-0.2, -0.15) is 0 Å². The molecule has 0 aromatic rings. The standard InChI is InChI=1S/C81H158O17P2/c1-6-9-12-15-17-19-21-23-25-26-27-28-29-30-31-35-40-44-48-52-57-62-67-81(86)98-77(71-92-79(84)65-60-55-50-46-42-38-36-32-34-37-41-45-49-54-58-63-74(4)5)73-96-100(89,90)94-69-75(82)68-93-99(87,88)95-72-76(70-91-78(83)64-59-53-14-11-8-3)97-80(85)66-61-56-51-47-43-39-33-24-22-20-18-16-13-10-7-2/h74-77,82H,6-73H2,1-5H3,(H,87,88)(H,89,90)/t75-,76+,77+/m0/s1. The monoisotopic (exact) mass is 1470 g/mol. The molecule has 594 valence electrons. The fourth-order valence-electron chi connectivity index (χ4n) is 12.6. The fraction of sp³-hybridized carbons (Fsp3) is 0.951. The van der Waals surface area contributed by atoms with E-state index in [9.17, 15) is 43.2 Å². The van der Waals surface area contributed by atoms with Crippen LogP contribution in [0.1, 0.15) is 433 Å². The number of aliphatic hydroxyl groups excluding tert-OH is 1. The van der Waals surface area contributed by atoms with Crippen molar-refractivity contribution in [1.82, 2.24) is 0 Å². The normalized spacial score (nSPS) is 13.8. The smallest absolute Gasteiger partial charge is 0.462 e. The molecule has 17 nitrogen and oxygen atoms in total. The summed E-state index contributed by atoms with van der Waals surface area (Å²) in [5.41, 5.74) is 0. The summed E-state index contributed by atoms with van der Waals surface area (Å²) in [6, 6.07) is 0. The highest BCUT2D eigenvalue weighted by molar-refractivity contribution is 7.47. The molecule has 0 aromatic heterocycles. The summed E-state index contributed by atoms with van der Waals surface area (Å²) in [7, 11) is -9.91. The van der Waals surface area contributed by atoms with E-state index in [1.54, 1.807) is 0 Å². The highest BCUT2D eigenvalue weighted by Gasteiger charge is 2.30. The highest BCUT2D eigenvalue weighted by atomic mass is 31.2. The van der Waals surface area contributed by atoms with Crippen LogP contribution in [0.2, 0.25) is 0 Å². The maximum absolute atomic E-state index is 13.1. The third-order valence-corrected chi connectivity index (χ3v) is 20.9. The minimum absolute atomic E-state index is 0.108. The Morgan fingerprint density at radius 2 is 0.460 bits per heavy atom. The first kappa shape index (κ1) is 98.1. The second kappa shape index (κ2) is 73.9. The van der Waals surface area contributed by atoms with Crippen LogP contribution < -0.4 is 0 Å². The van der Waals surface area contributed by atoms with E-state index in [-0.39, 0.29) is 25.7 Å². The van der Waals surface area contributed by atoms with Gasteiger partial charge in [-0.05, 0) is 31.6 Å². The molecule has 0 aliphatic carbocycles. The van der Waals surface area contributed by atoms with E-state index in [1.807, 2.05) is 0 Å². The zero-order valence-electron chi connectivity index (χ0n) is 65.3. The van der Waals surface area contributed by atoms with Gasteiger partial charge in [0.05, 0.1) is 26.4 Å². The van der Waals surface area contributed by atoms with Gasteiger partial charge in [0, 0.05) is 25.7 Å². The molecule has 5 atom stereocenters. The lowest BCUT2D eigenvalue weighted by molar-refractivity contribution is -0.161. The first-order chi connectivity index (χ1) is 48.5. The number of phosphoric ester groups is 2. The summed E-state index contributed by atoms with van der Waals surface area (Å²) in [6.45, 7) is 7.27. The van der Waals surface area contributed by atoms with E-state index in [0.717, 1.165) is 102 Å². The first-order valence-corrected chi connectivity index (χ1v) is 45.1. The number of ether oxygens (including phenoxy) is 4. The number of rotatable bonds is 81. The molecule has 0 saturated carbocycles. The fourth-order valence-corrected chi connectivity index (χ4v) is 14.2. The lowest BCUT2D eigenvalue weighted by atomic mass is 10.0. The number of esters is 4. The SMILES string of the molecule is CCCCCCCCCCCCCCCCCCCCCCCCC(=O)O[C@H](COC(=O)CCCCCCCCCCCCCCCCCC(C)C)COP(=O)(O)OC[C@@H](O)COP(=O)(O)OC[C@@H](COC(=O)CCCCCCC)OC(=O)CCCCCCCCCCCCCCCCC. The van der Waals surface area contributed by atoms with Crippen molar-refractivity contribution in [2.24, 2.45) is 5.92 Å². The second-order valence-electron chi connectivity index (χ2n) is 29.6. The number of carbonyl (C=O) groups is 4. The van der Waals surface area contributed by atoms with E-state index in [1.165, 1.54) is 250 Å². The molecular formula is C81H158O17P2. The van der Waals surface area contributed by atoms with Gasteiger partial charge < -0.3 is 33.8 Å². The van der Waals surface area contributed by atoms with Crippen LogP contribution >= 0.6 is 15.6 Å². The second-order valence-corrected chi connectivity index (χ2v) is 32.5. The summed E-state index contributed by atoms with van der Waals surface area (Å²) >= 11 is 0. The number of aliphatic hydroxyl groups is 1. The van der Waals surface area contributed by atoms with Crippen LogP contribution in [0.25, 0.3) is 0 Å². The Balaban J connectivity index is 5.11. The average molecular weight is 1470 g/mol. The molecule has 0 aliphatic rings. The molecule has 0 aliphatic heterocycles. The Kier molecular flexibility index (Phi) is 72.5. The van der Waals surface area contributed by atoms with Crippen LogP contribution in [-0.2, 0) is 65.4 Å². The van der Waals surface area contributed by atoms with Gasteiger partial charge in [-0.3, -0.25) is 37.3 Å². The van der Waals surface area contributed by atoms with Gasteiger partial charge in [0.15, 0.2) is 12.2 Å². The van der Waals surface area contributed by atoms with E-state index in [4.69, 9.17) is 37.0 Å². The maximum Gasteiger partial charge on any atom is 0.472 e. The van der Waals surface area contributed by atoms with Crippen molar-refractivity contribution >= 4 is 39.5 Å². The molecule has 0 fully saturated rings. The van der Waals surface area contributed by atoms with Crippen molar-refractivity contribution in [2.75, 3.05) is 39.6 Å². The molecule has 0 amide bonds. The van der Waals surface area contributed by atoms with Crippen LogP contribution in [-0.4, -0.2) is 96.7 Å². The molecule has 100 heavy (non-hydrogen) atoms. The first-order valence-electron chi connectivity index (χ1n) is 42.1. The average Bonchev–Trinajstić information content (AvgIpc) is 0.913. The third-order valence-electron chi connectivity index (χ3n) is 19.0. The predicted molar refractivity (Wildman–Crippen MR) is 409 cm³/mol. The van der Waals surface area contributed by atoms with Gasteiger partial charge in [-0.25, -0.2) is 9.13 Å². The highest BCUT2D eigenvalue weighted by Crippen LogP contribution is 2.45. The summed E-state index contributed by atoms with van der Waals surface area (Å²) in [4.78, 5) is 72.7. The molecule has 0 saturated heterocycles. The van der Waals surface area contributed by atoms with E-state index in [2.05, 4.69) is 34.6 Å². The molecule has 3 N–H and O–H groups in total. The predicted octanol–water partition coefficient (Wildman–Crippen LogP) is 24.4. The largest absolute Gasteiger partial charge is 0.472 e. The Hall–Kier alpha value is -1.94. The van der Waals surface area contributed by atoms with Gasteiger partial charge in [0.25, 0.3) is 0 Å². The van der Waals surface area contributed by atoms with E-state index >= 15 is 0 Å². The topological polar surface area (TPSA) is 237 Å². The van der Waals surface area contributed by atoms with Gasteiger partial charge in [0.2, 0.25) is 0 Å². The molecule has 0 radical (unpaired) electrons. The summed E-state index contributed by atoms with van der Waals surface area (Å²) < 4.78 is 68.5. The van der Waals surface area contributed by atoms with Gasteiger partial charge >= 0.3 is 39.5 Å². The van der Waals surface area contributed by atoms with Crippen molar-refractivity contribution in [2.45, 2.75) is 451 Å². The molecule has 0 spiro atoms. The van der Waals surface area contributed by atoms with Gasteiger partial charge in [-0.1, -0.05) is 381 Å². The Bertz CT molecular complexity index is 1910. The zero-order valence-corrected chi connectivity index (χ0v) is 67.1. The van der Waals surface area contributed by atoms with Crippen molar-refractivity contribution in [3.8, 4) is 0 Å². The molecule has 0 rings (SSSR count). The van der Waals surface area contributed by atoms with Crippen LogP contribution in [0.5, 0.6) is 0 Å². The summed E-state index contributed by atoms with van der Waals surface area (Å²) in [5.74, 6) is -1.31. The van der Waals surface area contributed by atoms with Gasteiger partial charge in [0.1, 0.15) is 19.3 Å². The van der Waals surface area contributed by atoms with Crippen LogP contribution in [0, 0.1) is 5.92 Å². The van der Waals surface area contributed by atoms with Crippen molar-refractivity contribution < 1.29 is 80.2 Å². The summed E-state index contributed by atoms with van der Waals surface area (Å²) in [6.07, 6.45) is 65.8. The number of hydrogen-bond donors (Lipinski definition) is 3. The van der Waals surface area contributed by atoms with Crippen molar-refractivity contribution in [1.29, 1.82) is 0 Å². The summed E-state index contributed by atoms with van der Waals surface area (Å²) in [5, 5.41) is 10.6. The Labute approximate surface area is 613 Å². The lowest BCUT2D eigenvalue weighted by Crippen LogP contribution is -2.30. The van der Waals surface area contributed by atoms with Crippen LogP contribution in [0.3, 0.4) is 0 Å². The molecule has 19 heteroatoms. The minimum atomic E-state index is -4.96. The number of unbranched alkanes of at least 4 members (excludes halogenated alkanes) is 53. The van der Waals surface area contributed by atoms with Crippen LogP contribution in [0.15, 0.2) is 0 Å². The molecule has 2 unspecified atom stereocenters. The van der Waals surface area contributed by atoms with Crippen molar-refractivity contribution in [3.05, 3.63) is 0 Å². The molecule has 0 heterocycles. The third kappa shape index (κ3) is 74.3. The quantitative estimate of drug-likeness (QED) is 0.0222. The zero-order chi connectivity index (χ0) is 73.4. The molecule has 0 bridgehead atoms. The van der Waals surface area contributed by atoms with E-state index < -0.39 is 97.5 Å². The van der Waals surface area contributed by atoms with E-state index in [0.29, 0.717) is 25.7 Å². The Morgan fingerprint density at radius 3 is 0.680 bits per heavy atom. The number of phosphoric acid groups is 2. The maximum atomic E-state index is 13.1. The minimum Gasteiger partial charge on any atom is -0.462 e. The molecular weight excluding hydrogens is 1310 g/mol. The number of hydrogen-bond acceptors (Lipinski definition) is 15. The lowest BCUT2D eigenvalue weighted by Gasteiger charge is -2.21. The van der Waals surface area contributed by atoms with Crippen LogP contribution in [0.4, 0.5) is 0 Å².